The third-order valence-corrected chi connectivity index (χ3v) is 4.31. The number of rotatable bonds is 1. The summed E-state index contributed by atoms with van der Waals surface area (Å²) in [5.74, 6) is 1.14. The van der Waals surface area contributed by atoms with E-state index in [-0.39, 0.29) is 0 Å². The highest BCUT2D eigenvalue weighted by atomic mass is 15.3. The summed E-state index contributed by atoms with van der Waals surface area (Å²) >= 11 is 0. The number of nitrogens with two attached hydrogens (primary N) is 2. The zero-order valence-electron chi connectivity index (χ0n) is 10.8. The van der Waals surface area contributed by atoms with Crippen molar-refractivity contribution >= 4 is 22.9 Å². The minimum atomic E-state index is 0.436. The van der Waals surface area contributed by atoms with Crippen molar-refractivity contribution in [2.45, 2.75) is 38.6 Å². The molecule has 1 aliphatic heterocycles. The van der Waals surface area contributed by atoms with Gasteiger partial charge in [0.1, 0.15) is 11.5 Å². The Balaban J connectivity index is 1.96. The molecular weight excluding hydrogens is 226 g/mol. The Labute approximate surface area is 108 Å². The van der Waals surface area contributed by atoms with Crippen LogP contribution in [0.5, 0.6) is 0 Å². The zero-order valence-corrected chi connectivity index (χ0v) is 10.8. The molecule has 1 aromatic rings. The number of nitrogens with zero attached hydrogens (tertiary/aromatic N) is 2. The summed E-state index contributed by atoms with van der Waals surface area (Å²) in [6, 6.07) is 0.566. The maximum atomic E-state index is 6.11. The first kappa shape index (κ1) is 11.4. The number of nitrogen functional groups attached to an aromatic ring is 2. The van der Waals surface area contributed by atoms with Crippen LogP contribution in [0, 0.1) is 5.92 Å². The zero-order chi connectivity index (χ0) is 12.7. The van der Waals surface area contributed by atoms with Crippen molar-refractivity contribution in [2.75, 3.05) is 28.4 Å². The van der Waals surface area contributed by atoms with Crippen molar-refractivity contribution < 1.29 is 0 Å². The van der Waals surface area contributed by atoms with E-state index in [0.717, 1.165) is 18.0 Å². The fourth-order valence-corrected chi connectivity index (χ4v) is 3.26. The lowest BCUT2D eigenvalue weighted by molar-refractivity contribution is 0.318. The number of nitrogens with one attached hydrogen (secondary N) is 1. The molecule has 98 valence electrons. The molecule has 3 rings (SSSR count). The van der Waals surface area contributed by atoms with Crippen molar-refractivity contribution in [3.05, 3.63) is 6.20 Å². The predicted molar refractivity (Wildman–Crippen MR) is 75.5 cm³/mol. The van der Waals surface area contributed by atoms with E-state index in [9.17, 15) is 0 Å². The molecule has 5 nitrogen and oxygen atoms in total. The maximum absolute atomic E-state index is 6.11. The highest BCUT2D eigenvalue weighted by Crippen LogP contribution is 2.43. The van der Waals surface area contributed by atoms with Crippen LogP contribution in [0.15, 0.2) is 6.20 Å². The van der Waals surface area contributed by atoms with Crippen LogP contribution in [0.1, 0.15) is 32.6 Å². The van der Waals surface area contributed by atoms with Crippen LogP contribution >= 0.6 is 0 Å². The van der Waals surface area contributed by atoms with Crippen LogP contribution in [0.25, 0.3) is 0 Å². The van der Waals surface area contributed by atoms with Crippen LogP contribution in [-0.4, -0.2) is 17.7 Å². The van der Waals surface area contributed by atoms with E-state index in [1.807, 2.05) is 0 Å². The van der Waals surface area contributed by atoms with Gasteiger partial charge in [-0.3, -0.25) is 0 Å². The molecule has 0 aromatic carbocycles. The summed E-state index contributed by atoms with van der Waals surface area (Å²) in [6.07, 6.45) is 6.98. The van der Waals surface area contributed by atoms with Gasteiger partial charge in [-0.05, 0) is 18.8 Å². The van der Waals surface area contributed by atoms with Crippen LogP contribution < -0.4 is 21.7 Å². The summed E-state index contributed by atoms with van der Waals surface area (Å²) in [4.78, 5) is 6.49. The minimum absolute atomic E-state index is 0.436. The second kappa shape index (κ2) is 4.23. The van der Waals surface area contributed by atoms with E-state index in [1.165, 1.54) is 25.7 Å². The molecule has 0 saturated heterocycles. The quantitative estimate of drug-likeness (QED) is 0.707. The van der Waals surface area contributed by atoms with Gasteiger partial charge in [0.2, 0.25) is 0 Å². The second-order valence-electron chi connectivity index (χ2n) is 5.45. The van der Waals surface area contributed by atoms with Crippen molar-refractivity contribution in [3.63, 3.8) is 0 Å². The Morgan fingerprint density at radius 1 is 1.33 bits per heavy atom. The van der Waals surface area contributed by atoms with Crippen LogP contribution in [-0.2, 0) is 0 Å². The monoisotopic (exact) mass is 247 g/mol. The smallest absolute Gasteiger partial charge is 0.148 e. The average Bonchev–Trinajstić information content (AvgIpc) is 2.79. The molecule has 1 saturated carbocycles. The molecule has 2 aliphatic rings. The van der Waals surface area contributed by atoms with Gasteiger partial charge in [0, 0.05) is 6.04 Å². The molecule has 5 heteroatoms. The highest BCUT2D eigenvalue weighted by molar-refractivity contribution is 5.90. The van der Waals surface area contributed by atoms with Crippen LogP contribution in [0.4, 0.5) is 22.9 Å². The number of fused-ring (bicyclic) bond motifs is 1. The molecule has 0 radical (unpaired) electrons. The lowest BCUT2D eigenvalue weighted by Gasteiger charge is -2.37. The molecule has 1 aromatic heterocycles. The van der Waals surface area contributed by atoms with Gasteiger partial charge in [0.15, 0.2) is 0 Å². The molecule has 0 unspecified atom stereocenters. The molecule has 0 spiro atoms. The molecule has 2 atom stereocenters. The maximum Gasteiger partial charge on any atom is 0.148 e. The van der Waals surface area contributed by atoms with E-state index in [4.69, 9.17) is 11.5 Å². The van der Waals surface area contributed by atoms with Crippen LogP contribution in [0.3, 0.4) is 0 Å². The molecule has 5 N–H and O–H groups in total. The van der Waals surface area contributed by atoms with E-state index in [0.29, 0.717) is 23.5 Å². The van der Waals surface area contributed by atoms with Gasteiger partial charge >= 0.3 is 0 Å². The Morgan fingerprint density at radius 2 is 2.11 bits per heavy atom. The van der Waals surface area contributed by atoms with Gasteiger partial charge in [-0.2, -0.15) is 0 Å². The van der Waals surface area contributed by atoms with Gasteiger partial charge in [-0.1, -0.05) is 19.8 Å². The Hall–Kier alpha value is -1.65. The largest absolute Gasteiger partial charge is 0.394 e. The Kier molecular flexibility index (Phi) is 2.69. The lowest BCUT2D eigenvalue weighted by Crippen LogP contribution is -2.41. The molecule has 2 heterocycles. The fourth-order valence-electron chi connectivity index (χ4n) is 3.26. The molecule has 1 aliphatic carbocycles. The van der Waals surface area contributed by atoms with Gasteiger partial charge in [-0.25, -0.2) is 4.98 Å². The van der Waals surface area contributed by atoms with Crippen molar-refractivity contribution in [3.8, 4) is 0 Å². The first-order chi connectivity index (χ1) is 8.68. The standard InChI is InChI=1S/C13H21N5/c1-8-4-2-3-5-10(8)18-7-17-9-6-16-13(15)11(14)12(9)18/h6,8,10,17H,2-5,7,14H2,1H3,(H2,15,16)/t8-,10+/m1/s1. The molecule has 1 fully saturated rings. The van der Waals surface area contributed by atoms with Gasteiger partial charge in [0.25, 0.3) is 0 Å². The van der Waals surface area contributed by atoms with E-state index in [1.54, 1.807) is 6.20 Å². The number of anilines is 4. The first-order valence-electron chi connectivity index (χ1n) is 6.73. The minimum Gasteiger partial charge on any atom is -0.394 e. The topological polar surface area (TPSA) is 80.2 Å². The molecule has 0 bridgehead atoms. The Bertz CT molecular complexity index is 459. The van der Waals surface area contributed by atoms with Crippen LogP contribution in [0.2, 0.25) is 0 Å². The van der Waals surface area contributed by atoms with E-state index >= 15 is 0 Å². The van der Waals surface area contributed by atoms with E-state index < -0.39 is 0 Å². The summed E-state index contributed by atoms with van der Waals surface area (Å²) in [7, 11) is 0. The van der Waals surface area contributed by atoms with E-state index in [2.05, 4.69) is 22.1 Å². The number of pyridine rings is 1. The predicted octanol–water partition coefficient (Wildman–Crippen LogP) is 2.01. The Morgan fingerprint density at radius 3 is 2.89 bits per heavy atom. The second-order valence-corrected chi connectivity index (χ2v) is 5.45. The van der Waals surface area contributed by atoms with Crippen molar-refractivity contribution in [1.29, 1.82) is 0 Å². The molecule has 0 amide bonds. The summed E-state index contributed by atoms with van der Waals surface area (Å²) < 4.78 is 0. The highest BCUT2D eigenvalue weighted by Gasteiger charge is 2.33. The number of aromatic nitrogens is 1. The first-order valence-corrected chi connectivity index (χ1v) is 6.73. The molecular formula is C13H21N5. The van der Waals surface area contributed by atoms with Gasteiger partial charge in [0.05, 0.1) is 24.2 Å². The summed E-state index contributed by atoms with van der Waals surface area (Å²) in [5, 5.41) is 3.36. The van der Waals surface area contributed by atoms with Gasteiger partial charge < -0.3 is 21.7 Å². The van der Waals surface area contributed by atoms with Crippen molar-refractivity contribution in [1.82, 2.24) is 4.98 Å². The molecule has 18 heavy (non-hydrogen) atoms. The summed E-state index contributed by atoms with van der Waals surface area (Å²) in [6.45, 7) is 3.15. The average molecular weight is 247 g/mol. The van der Waals surface area contributed by atoms with Crippen molar-refractivity contribution in [2.24, 2.45) is 5.92 Å². The lowest BCUT2D eigenvalue weighted by atomic mass is 9.85. The number of hydrogen-bond acceptors (Lipinski definition) is 5. The number of hydrogen-bond donors (Lipinski definition) is 3. The summed E-state index contributed by atoms with van der Waals surface area (Å²) in [5.41, 5.74) is 14.6. The van der Waals surface area contributed by atoms with Gasteiger partial charge in [-0.15, -0.1) is 0 Å². The SMILES string of the molecule is C[C@@H]1CCCC[C@@H]1N1CNc2cnc(N)c(N)c21. The third-order valence-electron chi connectivity index (χ3n) is 4.31. The normalized spacial score (nSPS) is 26.8. The third kappa shape index (κ3) is 1.65. The fraction of sp³-hybridized carbons (Fsp3) is 0.615.